The average molecular weight is 291 g/mol. The molecule has 19 heavy (non-hydrogen) atoms. The summed E-state index contributed by atoms with van der Waals surface area (Å²) < 4.78 is 5.52. The molecule has 0 bridgehead atoms. The SMILES string of the molecule is CN(C(=O)CNCC1CCCO1)C1CCCCC1.Cl. The lowest BCUT2D eigenvalue weighted by molar-refractivity contribution is -0.131. The molecule has 1 aliphatic carbocycles. The van der Waals surface area contributed by atoms with Gasteiger partial charge >= 0.3 is 0 Å². The molecule has 1 amide bonds. The van der Waals surface area contributed by atoms with Crippen molar-refractivity contribution in [3.8, 4) is 0 Å². The highest BCUT2D eigenvalue weighted by atomic mass is 35.5. The highest BCUT2D eigenvalue weighted by Crippen LogP contribution is 2.21. The molecule has 1 atom stereocenters. The van der Waals surface area contributed by atoms with E-state index in [9.17, 15) is 4.79 Å². The van der Waals surface area contributed by atoms with E-state index in [1.807, 2.05) is 11.9 Å². The van der Waals surface area contributed by atoms with Gasteiger partial charge in [0.05, 0.1) is 12.6 Å². The fourth-order valence-electron chi connectivity index (χ4n) is 2.94. The van der Waals surface area contributed by atoms with Crippen LogP contribution in [0.25, 0.3) is 0 Å². The largest absolute Gasteiger partial charge is 0.377 e. The van der Waals surface area contributed by atoms with Crippen molar-refractivity contribution in [3.63, 3.8) is 0 Å². The summed E-state index contributed by atoms with van der Waals surface area (Å²) in [6.45, 7) is 2.14. The average Bonchev–Trinajstić information content (AvgIpc) is 2.92. The van der Waals surface area contributed by atoms with Crippen LogP contribution in [0.1, 0.15) is 44.9 Å². The van der Waals surface area contributed by atoms with Gasteiger partial charge in [0.1, 0.15) is 0 Å². The molecule has 1 unspecified atom stereocenters. The Bertz CT molecular complexity index is 264. The van der Waals surface area contributed by atoms with E-state index in [0.29, 0.717) is 18.7 Å². The topological polar surface area (TPSA) is 41.6 Å². The van der Waals surface area contributed by atoms with Crippen molar-refractivity contribution in [3.05, 3.63) is 0 Å². The summed E-state index contributed by atoms with van der Waals surface area (Å²) in [7, 11) is 1.95. The van der Waals surface area contributed by atoms with Crippen molar-refractivity contribution in [1.82, 2.24) is 10.2 Å². The minimum Gasteiger partial charge on any atom is -0.377 e. The van der Waals surface area contributed by atoms with E-state index in [4.69, 9.17) is 4.74 Å². The van der Waals surface area contributed by atoms with Crippen LogP contribution in [-0.4, -0.2) is 49.7 Å². The molecule has 0 aromatic heterocycles. The predicted molar refractivity (Wildman–Crippen MR) is 78.7 cm³/mol. The van der Waals surface area contributed by atoms with Crippen molar-refractivity contribution in [2.24, 2.45) is 0 Å². The summed E-state index contributed by atoms with van der Waals surface area (Å²) in [6.07, 6.45) is 8.81. The van der Waals surface area contributed by atoms with Gasteiger partial charge in [-0.25, -0.2) is 0 Å². The van der Waals surface area contributed by atoms with Crippen molar-refractivity contribution in [2.45, 2.75) is 57.1 Å². The maximum atomic E-state index is 12.0. The number of rotatable bonds is 5. The number of carbonyl (C=O) groups is 1. The molecule has 0 aromatic carbocycles. The normalized spacial score (nSPS) is 23.9. The zero-order valence-electron chi connectivity index (χ0n) is 11.9. The van der Waals surface area contributed by atoms with Gasteiger partial charge in [0.15, 0.2) is 0 Å². The maximum Gasteiger partial charge on any atom is 0.236 e. The molecule has 0 spiro atoms. The molecule has 1 heterocycles. The zero-order valence-corrected chi connectivity index (χ0v) is 12.7. The molecule has 2 aliphatic rings. The Balaban J connectivity index is 0.00000180. The minimum absolute atomic E-state index is 0. The van der Waals surface area contributed by atoms with Crippen molar-refractivity contribution >= 4 is 18.3 Å². The first kappa shape index (κ1) is 16.7. The number of hydrogen-bond acceptors (Lipinski definition) is 3. The molecule has 2 fully saturated rings. The van der Waals surface area contributed by atoms with E-state index in [-0.39, 0.29) is 18.3 Å². The summed E-state index contributed by atoms with van der Waals surface area (Å²) in [6, 6.07) is 0.468. The maximum absolute atomic E-state index is 12.0. The Hall–Kier alpha value is -0.320. The zero-order chi connectivity index (χ0) is 12.8. The van der Waals surface area contributed by atoms with Crippen LogP contribution >= 0.6 is 12.4 Å². The van der Waals surface area contributed by atoms with Gasteiger partial charge in [-0.15, -0.1) is 12.4 Å². The molecule has 5 heteroatoms. The van der Waals surface area contributed by atoms with E-state index in [2.05, 4.69) is 5.32 Å². The van der Waals surface area contributed by atoms with Gasteiger partial charge in [-0.1, -0.05) is 19.3 Å². The van der Waals surface area contributed by atoms with Crippen LogP contribution in [0.2, 0.25) is 0 Å². The Kier molecular flexibility index (Phi) is 7.73. The number of amides is 1. The molecule has 4 nitrogen and oxygen atoms in total. The number of hydrogen-bond donors (Lipinski definition) is 1. The fourth-order valence-corrected chi connectivity index (χ4v) is 2.94. The van der Waals surface area contributed by atoms with Crippen LogP contribution in [0, 0.1) is 0 Å². The number of nitrogens with zero attached hydrogens (tertiary/aromatic N) is 1. The number of nitrogens with one attached hydrogen (secondary N) is 1. The standard InChI is InChI=1S/C14H26N2O2.ClH/c1-16(12-6-3-2-4-7-12)14(17)11-15-10-13-8-5-9-18-13;/h12-13,15H,2-11H2,1H3;1H. The first-order valence-electron chi connectivity index (χ1n) is 7.35. The van der Waals surface area contributed by atoms with Crippen LogP contribution in [0.15, 0.2) is 0 Å². The van der Waals surface area contributed by atoms with E-state index >= 15 is 0 Å². The van der Waals surface area contributed by atoms with Gasteiger partial charge in [-0.2, -0.15) is 0 Å². The molecule has 1 saturated heterocycles. The van der Waals surface area contributed by atoms with Crippen LogP contribution in [0.5, 0.6) is 0 Å². The van der Waals surface area contributed by atoms with Gasteiger partial charge in [0.25, 0.3) is 0 Å². The van der Waals surface area contributed by atoms with Crippen LogP contribution in [0.3, 0.4) is 0 Å². The Morgan fingerprint density at radius 3 is 2.58 bits per heavy atom. The summed E-state index contributed by atoms with van der Waals surface area (Å²) in [4.78, 5) is 14.0. The number of carbonyl (C=O) groups excluding carboxylic acids is 1. The molecule has 112 valence electrons. The van der Waals surface area contributed by atoms with Crippen LogP contribution in [-0.2, 0) is 9.53 Å². The fraction of sp³-hybridized carbons (Fsp3) is 0.929. The van der Waals surface area contributed by atoms with Gasteiger partial charge < -0.3 is 15.0 Å². The van der Waals surface area contributed by atoms with Gasteiger partial charge in [-0.05, 0) is 25.7 Å². The third-order valence-electron chi connectivity index (χ3n) is 4.19. The molecule has 0 aromatic rings. The lowest BCUT2D eigenvalue weighted by atomic mass is 9.94. The molecule has 1 N–H and O–H groups in total. The third kappa shape index (κ3) is 5.28. The monoisotopic (exact) mass is 290 g/mol. The lowest BCUT2D eigenvalue weighted by Gasteiger charge is -2.31. The first-order valence-corrected chi connectivity index (χ1v) is 7.35. The highest BCUT2D eigenvalue weighted by molar-refractivity contribution is 5.85. The smallest absolute Gasteiger partial charge is 0.236 e. The van der Waals surface area contributed by atoms with E-state index in [1.54, 1.807) is 0 Å². The molecule has 1 aliphatic heterocycles. The summed E-state index contributed by atoms with van der Waals surface area (Å²) >= 11 is 0. The quantitative estimate of drug-likeness (QED) is 0.842. The second-order valence-electron chi connectivity index (χ2n) is 5.56. The van der Waals surface area contributed by atoms with Gasteiger partial charge in [0.2, 0.25) is 5.91 Å². The number of likely N-dealkylation sites (N-methyl/N-ethyl adjacent to an activating group) is 1. The first-order chi connectivity index (χ1) is 8.77. The van der Waals surface area contributed by atoms with E-state index < -0.39 is 0 Å². The van der Waals surface area contributed by atoms with E-state index in [0.717, 1.165) is 26.0 Å². The molecule has 2 rings (SSSR count). The minimum atomic E-state index is 0. The second kappa shape index (κ2) is 8.77. The van der Waals surface area contributed by atoms with Gasteiger partial charge in [-0.3, -0.25) is 4.79 Å². The Morgan fingerprint density at radius 2 is 1.95 bits per heavy atom. The summed E-state index contributed by atoms with van der Waals surface area (Å²) in [5.41, 5.74) is 0. The Labute approximate surface area is 122 Å². The van der Waals surface area contributed by atoms with Crippen LogP contribution in [0.4, 0.5) is 0 Å². The van der Waals surface area contributed by atoms with Gasteiger partial charge in [0, 0.05) is 26.2 Å². The third-order valence-corrected chi connectivity index (χ3v) is 4.19. The second-order valence-corrected chi connectivity index (χ2v) is 5.56. The molecule has 0 radical (unpaired) electrons. The van der Waals surface area contributed by atoms with Crippen molar-refractivity contribution < 1.29 is 9.53 Å². The lowest BCUT2D eigenvalue weighted by Crippen LogP contribution is -2.43. The Morgan fingerprint density at radius 1 is 1.21 bits per heavy atom. The highest BCUT2D eigenvalue weighted by Gasteiger charge is 2.22. The summed E-state index contributed by atoms with van der Waals surface area (Å²) in [5.74, 6) is 0.222. The summed E-state index contributed by atoms with van der Waals surface area (Å²) in [5, 5.41) is 3.23. The molecular weight excluding hydrogens is 264 g/mol. The number of halogens is 1. The van der Waals surface area contributed by atoms with Crippen molar-refractivity contribution in [1.29, 1.82) is 0 Å². The molecule has 1 saturated carbocycles. The predicted octanol–water partition coefficient (Wildman–Crippen LogP) is 1.97. The van der Waals surface area contributed by atoms with E-state index in [1.165, 1.54) is 32.1 Å². The molecular formula is C14H27ClN2O2. The van der Waals surface area contributed by atoms with Crippen LogP contribution < -0.4 is 5.32 Å². The number of ether oxygens (including phenoxy) is 1. The van der Waals surface area contributed by atoms with Crippen molar-refractivity contribution in [2.75, 3.05) is 26.7 Å².